The average Bonchev–Trinajstić information content (AvgIpc) is 2.30. The molecule has 0 bridgehead atoms. The molecule has 1 aromatic heterocycles. The first-order valence-electron chi connectivity index (χ1n) is 4.92. The Hall–Kier alpha value is -0.750. The molecule has 0 spiro atoms. The number of carbonyl (C=O) groups is 1. The van der Waals surface area contributed by atoms with E-state index in [9.17, 15) is 9.00 Å². The Morgan fingerprint density at radius 1 is 1.38 bits per heavy atom. The minimum Gasteiger partial charge on any atom is -0.335 e. The number of pyridine rings is 1. The first-order valence-corrected chi connectivity index (χ1v) is 7.21. The maximum Gasteiger partial charge on any atom is 0.272 e. The van der Waals surface area contributed by atoms with Gasteiger partial charge in [0.05, 0.1) is 0 Å². The molecule has 0 saturated carbocycles. The third-order valence-corrected chi connectivity index (χ3v) is 4.16. The number of amides is 1. The van der Waals surface area contributed by atoms with Gasteiger partial charge in [-0.2, -0.15) is 0 Å². The van der Waals surface area contributed by atoms with Crippen molar-refractivity contribution in [1.82, 2.24) is 9.88 Å². The minimum absolute atomic E-state index is 0.0794. The van der Waals surface area contributed by atoms with Gasteiger partial charge in [-0.3, -0.25) is 9.00 Å². The molecule has 0 radical (unpaired) electrons. The fraction of sp³-hybridized carbons (Fsp3) is 0.400. The molecule has 1 aromatic rings. The quantitative estimate of drug-likeness (QED) is 0.779. The number of hydrogen-bond donors (Lipinski definition) is 0. The van der Waals surface area contributed by atoms with Gasteiger partial charge in [0.1, 0.15) is 5.69 Å². The number of nitrogens with zero attached hydrogens (tertiary/aromatic N) is 2. The van der Waals surface area contributed by atoms with Crippen LogP contribution in [0.2, 0.25) is 0 Å². The summed E-state index contributed by atoms with van der Waals surface area (Å²) in [5.74, 6) is 1.06. The van der Waals surface area contributed by atoms with Crippen LogP contribution < -0.4 is 0 Å². The lowest BCUT2D eigenvalue weighted by Gasteiger charge is -2.25. The van der Waals surface area contributed by atoms with Crippen molar-refractivity contribution in [3.63, 3.8) is 0 Å². The maximum absolute atomic E-state index is 12.0. The second-order valence-electron chi connectivity index (χ2n) is 3.50. The molecule has 1 saturated heterocycles. The molecule has 16 heavy (non-hydrogen) atoms. The van der Waals surface area contributed by atoms with Crippen LogP contribution in [0, 0.1) is 0 Å². The van der Waals surface area contributed by atoms with E-state index in [1.54, 1.807) is 23.2 Å². The molecule has 2 heterocycles. The summed E-state index contributed by atoms with van der Waals surface area (Å²) in [6.07, 6.45) is 1.61. The molecule has 2 rings (SSSR count). The first kappa shape index (κ1) is 11.7. The molecule has 1 amide bonds. The summed E-state index contributed by atoms with van der Waals surface area (Å²) >= 11 is 3.27. The zero-order chi connectivity index (χ0) is 11.5. The van der Waals surface area contributed by atoms with Gasteiger partial charge < -0.3 is 4.90 Å². The van der Waals surface area contributed by atoms with Crippen LogP contribution in [0.4, 0.5) is 0 Å². The largest absolute Gasteiger partial charge is 0.335 e. The highest BCUT2D eigenvalue weighted by Gasteiger charge is 2.21. The van der Waals surface area contributed by atoms with Crippen LogP contribution in [0.5, 0.6) is 0 Å². The van der Waals surface area contributed by atoms with E-state index >= 15 is 0 Å². The minimum atomic E-state index is -0.759. The standard InChI is InChI=1S/C10H11BrN2O2S/c11-8-1-2-9(12-7-8)10(14)13-3-5-16(15)6-4-13/h1-2,7H,3-6H2. The maximum atomic E-state index is 12.0. The Morgan fingerprint density at radius 3 is 2.62 bits per heavy atom. The van der Waals surface area contributed by atoms with E-state index < -0.39 is 10.8 Å². The lowest BCUT2D eigenvalue weighted by molar-refractivity contribution is 0.0765. The third kappa shape index (κ3) is 2.68. The van der Waals surface area contributed by atoms with Gasteiger partial charge in [-0.15, -0.1) is 0 Å². The van der Waals surface area contributed by atoms with Crippen LogP contribution in [0.25, 0.3) is 0 Å². The van der Waals surface area contributed by atoms with Gasteiger partial charge in [0.25, 0.3) is 5.91 Å². The summed E-state index contributed by atoms with van der Waals surface area (Å²) in [5, 5.41) is 0. The molecule has 1 fully saturated rings. The van der Waals surface area contributed by atoms with E-state index in [-0.39, 0.29) is 5.91 Å². The van der Waals surface area contributed by atoms with Gasteiger partial charge in [0.15, 0.2) is 0 Å². The molecule has 4 nitrogen and oxygen atoms in total. The Morgan fingerprint density at radius 2 is 2.06 bits per heavy atom. The van der Waals surface area contributed by atoms with E-state index in [1.165, 1.54) is 0 Å². The summed E-state index contributed by atoms with van der Waals surface area (Å²) < 4.78 is 12.0. The second kappa shape index (κ2) is 5.05. The fourth-order valence-corrected chi connectivity index (χ4v) is 2.79. The van der Waals surface area contributed by atoms with Crippen molar-refractivity contribution >= 4 is 32.6 Å². The van der Waals surface area contributed by atoms with E-state index in [2.05, 4.69) is 20.9 Å². The Bertz CT molecular complexity index is 411. The zero-order valence-electron chi connectivity index (χ0n) is 8.56. The van der Waals surface area contributed by atoms with Gasteiger partial charge in [-0.1, -0.05) is 0 Å². The van der Waals surface area contributed by atoms with E-state index in [0.717, 1.165) is 4.47 Å². The lowest BCUT2D eigenvalue weighted by Crippen LogP contribution is -2.42. The van der Waals surface area contributed by atoms with Crippen molar-refractivity contribution in [3.05, 3.63) is 28.5 Å². The van der Waals surface area contributed by atoms with Gasteiger partial charge in [0.2, 0.25) is 0 Å². The Balaban J connectivity index is 2.07. The molecular formula is C10H11BrN2O2S. The fourth-order valence-electron chi connectivity index (χ4n) is 1.51. The molecule has 86 valence electrons. The Labute approximate surface area is 105 Å². The number of carbonyl (C=O) groups excluding carboxylic acids is 1. The average molecular weight is 303 g/mol. The summed E-state index contributed by atoms with van der Waals surface area (Å²) in [4.78, 5) is 17.7. The van der Waals surface area contributed by atoms with E-state index in [0.29, 0.717) is 30.3 Å². The van der Waals surface area contributed by atoms with Crippen LogP contribution >= 0.6 is 15.9 Å². The highest BCUT2D eigenvalue weighted by Crippen LogP contribution is 2.10. The van der Waals surface area contributed by atoms with Crippen LogP contribution in [0.1, 0.15) is 10.5 Å². The van der Waals surface area contributed by atoms with Gasteiger partial charge >= 0.3 is 0 Å². The highest BCUT2D eigenvalue weighted by molar-refractivity contribution is 9.10. The summed E-state index contributed by atoms with van der Waals surface area (Å²) in [6, 6.07) is 3.49. The van der Waals surface area contributed by atoms with Crippen molar-refractivity contribution in [3.8, 4) is 0 Å². The van der Waals surface area contributed by atoms with Crippen molar-refractivity contribution in [1.29, 1.82) is 0 Å². The van der Waals surface area contributed by atoms with Gasteiger partial charge in [-0.05, 0) is 28.1 Å². The van der Waals surface area contributed by atoms with Crippen molar-refractivity contribution in [2.75, 3.05) is 24.6 Å². The predicted molar refractivity (Wildman–Crippen MR) is 65.7 cm³/mol. The number of rotatable bonds is 1. The van der Waals surface area contributed by atoms with Crippen LogP contribution in [-0.2, 0) is 10.8 Å². The Kier molecular flexibility index (Phi) is 3.70. The summed E-state index contributed by atoms with van der Waals surface area (Å²) in [6.45, 7) is 1.12. The molecule has 0 unspecified atom stereocenters. The monoisotopic (exact) mass is 302 g/mol. The van der Waals surface area contributed by atoms with E-state index in [1.807, 2.05) is 0 Å². The predicted octanol–water partition coefficient (Wildman–Crippen LogP) is 1.05. The molecule has 0 N–H and O–H groups in total. The molecule has 1 aliphatic heterocycles. The van der Waals surface area contributed by atoms with Crippen molar-refractivity contribution in [2.24, 2.45) is 0 Å². The van der Waals surface area contributed by atoms with E-state index in [4.69, 9.17) is 0 Å². The molecule has 1 aliphatic rings. The smallest absolute Gasteiger partial charge is 0.272 e. The SMILES string of the molecule is O=C(c1ccc(Br)cn1)N1CCS(=O)CC1. The van der Waals surface area contributed by atoms with Crippen molar-refractivity contribution < 1.29 is 9.00 Å². The number of hydrogen-bond acceptors (Lipinski definition) is 3. The number of aromatic nitrogens is 1. The number of halogens is 1. The van der Waals surface area contributed by atoms with Crippen LogP contribution in [0.15, 0.2) is 22.8 Å². The van der Waals surface area contributed by atoms with Crippen molar-refractivity contribution in [2.45, 2.75) is 0 Å². The van der Waals surface area contributed by atoms with Gasteiger partial charge in [-0.25, -0.2) is 4.98 Å². The molecular weight excluding hydrogens is 292 g/mol. The topological polar surface area (TPSA) is 50.3 Å². The molecule has 0 atom stereocenters. The zero-order valence-corrected chi connectivity index (χ0v) is 11.0. The third-order valence-electron chi connectivity index (χ3n) is 2.41. The highest BCUT2D eigenvalue weighted by atomic mass is 79.9. The molecule has 0 aromatic carbocycles. The summed E-state index contributed by atoms with van der Waals surface area (Å²) in [7, 11) is -0.759. The van der Waals surface area contributed by atoms with Crippen LogP contribution in [0.3, 0.4) is 0 Å². The van der Waals surface area contributed by atoms with Crippen LogP contribution in [-0.4, -0.2) is 44.6 Å². The summed E-state index contributed by atoms with van der Waals surface area (Å²) in [5.41, 5.74) is 0.441. The van der Waals surface area contributed by atoms with Gasteiger partial charge in [0, 0.05) is 46.1 Å². The molecule has 6 heteroatoms. The first-order chi connectivity index (χ1) is 7.66. The lowest BCUT2D eigenvalue weighted by atomic mass is 10.3. The molecule has 0 aliphatic carbocycles. The normalized spacial score (nSPS) is 17.4. The second-order valence-corrected chi connectivity index (χ2v) is 6.11.